The Kier molecular flexibility index (Phi) is 4.96. The summed E-state index contributed by atoms with van der Waals surface area (Å²) in [6, 6.07) is 19.9. The van der Waals surface area contributed by atoms with Crippen molar-refractivity contribution < 1.29 is 14.5 Å². The minimum Gasteiger partial charge on any atom is -0.507 e. The lowest BCUT2D eigenvalue weighted by molar-refractivity contribution is 0.0950. The number of nitrogens with two attached hydrogens (primary N) is 1. The predicted molar refractivity (Wildman–Crippen MR) is 120 cm³/mol. The second-order valence-electron chi connectivity index (χ2n) is 6.96. The van der Waals surface area contributed by atoms with Crippen LogP contribution in [0.1, 0.15) is 16.1 Å². The molecule has 0 atom stereocenters. The Hall–Kier alpha value is -5.06. The fraction of sp³-hybridized carbons (Fsp3) is 0. The third-order valence-corrected chi connectivity index (χ3v) is 4.94. The van der Waals surface area contributed by atoms with E-state index in [0.717, 1.165) is 10.8 Å². The van der Waals surface area contributed by atoms with Crippen molar-refractivity contribution in [1.29, 1.82) is 0 Å². The van der Waals surface area contributed by atoms with Gasteiger partial charge in [0.05, 0.1) is 6.21 Å². The number of nitrogen functional groups attached to an aromatic ring is 1. The van der Waals surface area contributed by atoms with Crippen molar-refractivity contribution in [1.82, 2.24) is 30.7 Å². The summed E-state index contributed by atoms with van der Waals surface area (Å²) in [6.07, 6.45) is 1.38. The van der Waals surface area contributed by atoms with E-state index in [0.29, 0.717) is 16.8 Å². The van der Waals surface area contributed by atoms with Gasteiger partial charge in [0.1, 0.15) is 11.4 Å². The highest BCUT2D eigenvalue weighted by molar-refractivity contribution is 6.03. The van der Waals surface area contributed by atoms with Gasteiger partial charge in [-0.15, -0.1) is 5.10 Å². The number of aromatic nitrogens is 5. The Morgan fingerprint density at radius 3 is 2.64 bits per heavy atom. The van der Waals surface area contributed by atoms with Gasteiger partial charge in [-0.05, 0) is 27.2 Å². The molecule has 0 unspecified atom stereocenters. The molecule has 3 aromatic carbocycles. The van der Waals surface area contributed by atoms with Crippen LogP contribution in [0.5, 0.6) is 5.75 Å². The number of hydrazone groups is 1. The highest BCUT2D eigenvalue weighted by Crippen LogP contribution is 2.27. The number of hydrogen-bond donors (Lipinski definition) is 3. The van der Waals surface area contributed by atoms with Crippen LogP contribution in [0.15, 0.2) is 76.5 Å². The molecule has 0 fully saturated rings. The monoisotopic (exact) mass is 440 g/mol. The number of rotatable bonds is 5. The average molecular weight is 440 g/mol. The minimum atomic E-state index is -0.619. The molecule has 5 rings (SSSR count). The third-order valence-electron chi connectivity index (χ3n) is 4.94. The fourth-order valence-corrected chi connectivity index (χ4v) is 3.40. The lowest BCUT2D eigenvalue weighted by atomic mass is 10.0. The number of carbonyl (C=O) groups excluding carboxylic acids is 1. The Morgan fingerprint density at radius 2 is 1.85 bits per heavy atom. The van der Waals surface area contributed by atoms with Gasteiger partial charge in [-0.3, -0.25) is 4.79 Å². The van der Waals surface area contributed by atoms with Gasteiger partial charge >= 0.3 is 0 Å². The molecule has 0 aliphatic carbocycles. The Bertz CT molecular complexity index is 1490. The van der Waals surface area contributed by atoms with Crippen molar-refractivity contribution in [2.75, 3.05) is 5.73 Å². The quantitative estimate of drug-likeness (QED) is 0.278. The number of phenolic OH excluding ortho intramolecular Hbond substituents is 1. The van der Waals surface area contributed by atoms with Gasteiger partial charge in [-0.1, -0.05) is 65.9 Å². The molecule has 0 bridgehead atoms. The normalized spacial score (nSPS) is 11.3. The molecule has 4 N–H and O–H groups in total. The van der Waals surface area contributed by atoms with Crippen molar-refractivity contribution in [2.24, 2.45) is 5.10 Å². The molecule has 5 aromatic rings. The minimum absolute atomic E-state index is 0.00603. The van der Waals surface area contributed by atoms with E-state index in [1.54, 1.807) is 36.4 Å². The van der Waals surface area contributed by atoms with Crippen molar-refractivity contribution in [3.8, 4) is 22.8 Å². The van der Waals surface area contributed by atoms with Crippen LogP contribution >= 0.6 is 0 Å². The lowest BCUT2D eigenvalue weighted by Gasteiger charge is -2.06. The van der Waals surface area contributed by atoms with E-state index >= 15 is 0 Å². The number of anilines is 1. The van der Waals surface area contributed by atoms with Crippen LogP contribution in [-0.4, -0.2) is 42.5 Å². The Labute approximate surface area is 186 Å². The van der Waals surface area contributed by atoms with Gasteiger partial charge < -0.3 is 10.8 Å². The lowest BCUT2D eigenvalue weighted by Crippen LogP contribution is -2.19. The summed E-state index contributed by atoms with van der Waals surface area (Å²) in [5.41, 5.74) is 9.68. The second-order valence-corrected chi connectivity index (χ2v) is 6.96. The number of carbonyl (C=O) groups is 1. The molecule has 11 nitrogen and oxygen atoms in total. The summed E-state index contributed by atoms with van der Waals surface area (Å²) >= 11 is 0. The molecule has 0 spiro atoms. The van der Waals surface area contributed by atoms with Gasteiger partial charge in [-0.25, -0.2) is 10.1 Å². The summed E-state index contributed by atoms with van der Waals surface area (Å²) < 4.78 is 5.93. The molecule has 0 radical (unpaired) electrons. The smallest absolute Gasteiger partial charge is 0.294 e. The summed E-state index contributed by atoms with van der Waals surface area (Å²) in [4.78, 5) is 13.0. The molecule has 0 aliphatic heterocycles. The van der Waals surface area contributed by atoms with E-state index < -0.39 is 5.91 Å². The maximum absolute atomic E-state index is 13.0. The molecule has 2 heterocycles. The van der Waals surface area contributed by atoms with Gasteiger partial charge in [0.15, 0.2) is 5.69 Å². The largest absolute Gasteiger partial charge is 0.507 e. The SMILES string of the molecule is Nc1nonc1-n1nnc(C(=O)N/N=C/c2c(O)ccc3ccccc23)c1-c1ccccc1. The van der Waals surface area contributed by atoms with E-state index in [9.17, 15) is 9.90 Å². The van der Waals surface area contributed by atoms with Crippen molar-refractivity contribution in [3.05, 3.63) is 78.0 Å². The maximum atomic E-state index is 13.0. The maximum Gasteiger partial charge on any atom is 0.294 e. The van der Waals surface area contributed by atoms with Crippen LogP contribution in [0, 0.1) is 0 Å². The number of fused-ring (bicyclic) bond motifs is 1. The van der Waals surface area contributed by atoms with Crippen LogP contribution in [-0.2, 0) is 0 Å². The first-order chi connectivity index (χ1) is 16.1. The van der Waals surface area contributed by atoms with Crippen LogP contribution in [0.3, 0.4) is 0 Å². The van der Waals surface area contributed by atoms with Gasteiger partial charge in [0.2, 0.25) is 11.6 Å². The number of benzene rings is 3. The van der Waals surface area contributed by atoms with E-state index in [1.165, 1.54) is 10.9 Å². The summed E-state index contributed by atoms with van der Waals surface area (Å²) in [6.45, 7) is 0. The number of amides is 1. The van der Waals surface area contributed by atoms with Gasteiger partial charge in [-0.2, -0.15) is 9.78 Å². The van der Waals surface area contributed by atoms with E-state index in [-0.39, 0.29) is 23.1 Å². The molecule has 1 amide bonds. The Balaban J connectivity index is 1.50. The molecular weight excluding hydrogens is 424 g/mol. The molecule has 0 saturated heterocycles. The average Bonchev–Trinajstić information content (AvgIpc) is 3.47. The highest BCUT2D eigenvalue weighted by atomic mass is 16.6. The van der Waals surface area contributed by atoms with Crippen molar-refractivity contribution in [3.63, 3.8) is 0 Å². The zero-order valence-electron chi connectivity index (χ0n) is 17.0. The van der Waals surface area contributed by atoms with Crippen LogP contribution in [0.4, 0.5) is 5.82 Å². The molecule has 0 aliphatic rings. The number of hydrogen-bond acceptors (Lipinski definition) is 9. The van der Waals surface area contributed by atoms with E-state index in [1.807, 2.05) is 30.3 Å². The number of nitrogens with zero attached hydrogens (tertiary/aromatic N) is 6. The summed E-state index contributed by atoms with van der Waals surface area (Å²) in [5, 5.41) is 31.3. The third kappa shape index (κ3) is 3.63. The van der Waals surface area contributed by atoms with Crippen LogP contribution in [0.2, 0.25) is 0 Å². The molecule has 162 valence electrons. The fourth-order valence-electron chi connectivity index (χ4n) is 3.40. The van der Waals surface area contributed by atoms with E-state index in [2.05, 4.69) is 35.8 Å². The van der Waals surface area contributed by atoms with Crippen molar-refractivity contribution >= 4 is 28.7 Å². The van der Waals surface area contributed by atoms with Crippen LogP contribution in [0.25, 0.3) is 27.8 Å². The summed E-state index contributed by atoms with van der Waals surface area (Å²) in [5.74, 6) is -0.485. The van der Waals surface area contributed by atoms with Gasteiger partial charge in [0, 0.05) is 11.1 Å². The molecule has 33 heavy (non-hydrogen) atoms. The first kappa shape index (κ1) is 19.9. The zero-order chi connectivity index (χ0) is 22.8. The molecule has 11 heteroatoms. The summed E-state index contributed by atoms with van der Waals surface area (Å²) in [7, 11) is 0. The highest BCUT2D eigenvalue weighted by Gasteiger charge is 2.25. The number of aromatic hydroxyl groups is 1. The second kappa shape index (κ2) is 8.23. The zero-order valence-corrected chi connectivity index (χ0v) is 17.0. The van der Waals surface area contributed by atoms with Crippen LogP contribution < -0.4 is 11.2 Å². The predicted octanol–water partition coefficient (Wildman–Crippen LogP) is 2.52. The molecule has 0 saturated carbocycles. The number of nitrogens with one attached hydrogen (secondary N) is 1. The first-order valence-electron chi connectivity index (χ1n) is 9.77. The van der Waals surface area contributed by atoms with Gasteiger partial charge in [0.25, 0.3) is 5.91 Å². The van der Waals surface area contributed by atoms with Crippen molar-refractivity contribution in [2.45, 2.75) is 0 Å². The molecule has 2 aromatic heterocycles. The first-order valence-corrected chi connectivity index (χ1v) is 9.77. The molecular formula is C22H16N8O3. The van der Waals surface area contributed by atoms with E-state index in [4.69, 9.17) is 5.73 Å². The number of phenols is 1. The standard InChI is InChI=1S/C22H16N8O3/c23-20-21(28-33-27-20)30-19(14-7-2-1-3-8-14)18(25-29-30)22(32)26-24-12-16-15-9-5-4-6-13(15)10-11-17(16)31/h1-12,31H,(H2,23,27)(H,26,32)/b24-12+. The topological polar surface area (TPSA) is 157 Å². The Morgan fingerprint density at radius 1 is 1.06 bits per heavy atom.